The van der Waals surface area contributed by atoms with Crippen molar-refractivity contribution in [1.82, 2.24) is 0 Å². The van der Waals surface area contributed by atoms with Gasteiger partial charge in [-0.25, -0.2) is 0 Å². The molecule has 0 atom stereocenters. The van der Waals surface area contributed by atoms with Crippen LogP contribution in [-0.2, 0) is 22.7 Å². The molecular weight excluding hydrogens is 601 g/mol. The average molecular weight is 657 g/mol. The topological polar surface area (TPSA) is 0 Å². The first-order chi connectivity index (χ1) is 24.0. The lowest BCUT2D eigenvalue weighted by Gasteiger charge is -2.25. The van der Waals surface area contributed by atoms with E-state index in [9.17, 15) is 0 Å². The summed E-state index contributed by atoms with van der Waals surface area (Å²) in [5.74, 6) is 0. The molecule has 0 amide bonds. The number of aryl methyl sites for hydroxylation is 1. The molecular formula is C50H56. The van der Waals surface area contributed by atoms with Gasteiger partial charge in [0.1, 0.15) is 0 Å². The fourth-order valence-electron chi connectivity index (χ4n) is 8.92. The zero-order valence-electron chi connectivity index (χ0n) is 32.4. The van der Waals surface area contributed by atoms with E-state index in [1.54, 1.807) is 5.57 Å². The van der Waals surface area contributed by atoms with Crippen molar-refractivity contribution in [3.8, 4) is 11.1 Å². The van der Waals surface area contributed by atoms with E-state index in [4.69, 9.17) is 0 Å². The van der Waals surface area contributed by atoms with Gasteiger partial charge < -0.3 is 0 Å². The molecule has 0 aromatic heterocycles. The summed E-state index contributed by atoms with van der Waals surface area (Å²) in [7, 11) is 0. The minimum atomic E-state index is 0.0559. The van der Waals surface area contributed by atoms with E-state index in [0.29, 0.717) is 0 Å². The Labute approximate surface area is 303 Å². The van der Waals surface area contributed by atoms with Gasteiger partial charge >= 0.3 is 0 Å². The van der Waals surface area contributed by atoms with Gasteiger partial charge in [0.2, 0.25) is 0 Å². The Kier molecular flexibility index (Phi) is 9.49. The van der Waals surface area contributed by atoms with Crippen molar-refractivity contribution in [2.45, 2.75) is 112 Å². The number of benzene rings is 4. The smallest absolute Gasteiger partial charge is 0.0284 e. The third kappa shape index (κ3) is 5.63. The van der Waals surface area contributed by atoms with Crippen LogP contribution < -0.4 is 0 Å². The highest BCUT2D eigenvalue weighted by Crippen LogP contribution is 2.53. The van der Waals surface area contributed by atoms with E-state index >= 15 is 0 Å². The molecule has 0 heterocycles. The van der Waals surface area contributed by atoms with Gasteiger partial charge in [-0.05, 0) is 92.6 Å². The van der Waals surface area contributed by atoms with Crippen LogP contribution in [0.4, 0.5) is 0 Å². The van der Waals surface area contributed by atoms with Gasteiger partial charge in [0.15, 0.2) is 0 Å². The largest absolute Gasteiger partial charge is 0.108 e. The van der Waals surface area contributed by atoms with Gasteiger partial charge in [0.05, 0.1) is 0 Å². The third-order valence-corrected chi connectivity index (χ3v) is 11.5. The van der Waals surface area contributed by atoms with E-state index in [0.717, 1.165) is 6.42 Å². The van der Waals surface area contributed by atoms with E-state index in [1.165, 1.54) is 90.8 Å². The Balaban J connectivity index is 0.000000182. The Hall–Kier alpha value is -4.38. The summed E-state index contributed by atoms with van der Waals surface area (Å²) in [5.41, 5.74) is 25.4. The first-order valence-electron chi connectivity index (χ1n) is 19.0. The predicted molar refractivity (Wildman–Crippen MR) is 218 cm³/mol. The molecule has 0 heteroatoms. The molecule has 50 heavy (non-hydrogen) atoms. The normalized spacial score (nSPS) is 18.2. The SMILES string of the molecule is CC.CC.CC1(C)C2=CC(Cc3ccc4c(c3)C(C)(C)c3ccccc3-4)=C=C2c2ccccc21.Cc1ccc2c(c1)C(C)(C)C1=C2C=CCC1. The highest BCUT2D eigenvalue weighted by atomic mass is 14.4. The van der Waals surface area contributed by atoms with Gasteiger partial charge in [0, 0.05) is 28.2 Å². The quantitative estimate of drug-likeness (QED) is 0.188. The lowest BCUT2D eigenvalue weighted by atomic mass is 9.78. The lowest BCUT2D eigenvalue weighted by molar-refractivity contribution is 0.607. The van der Waals surface area contributed by atoms with Crippen LogP contribution in [0.1, 0.15) is 127 Å². The van der Waals surface area contributed by atoms with Crippen LogP contribution in [0.15, 0.2) is 126 Å². The second kappa shape index (κ2) is 13.4. The molecule has 4 aromatic rings. The second-order valence-corrected chi connectivity index (χ2v) is 15.5. The molecule has 256 valence electrons. The molecule has 9 rings (SSSR count). The van der Waals surface area contributed by atoms with Crippen LogP contribution in [-0.4, -0.2) is 0 Å². The van der Waals surface area contributed by atoms with Crippen molar-refractivity contribution in [2.24, 2.45) is 0 Å². The van der Waals surface area contributed by atoms with E-state index < -0.39 is 0 Å². The summed E-state index contributed by atoms with van der Waals surface area (Å²) in [6, 6.07) is 31.6. The summed E-state index contributed by atoms with van der Waals surface area (Å²) in [4.78, 5) is 0. The zero-order valence-corrected chi connectivity index (χ0v) is 32.4. The molecule has 0 unspecified atom stereocenters. The van der Waals surface area contributed by atoms with Crippen LogP contribution in [0.3, 0.4) is 0 Å². The molecule has 0 nitrogen and oxygen atoms in total. The molecule has 0 N–H and O–H groups in total. The summed E-state index contributed by atoms with van der Waals surface area (Å²) in [6.07, 6.45) is 10.4. The molecule has 5 aliphatic rings. The highest BCUT2D eigenvalue weighted by molar-refractivity contribution is 5.92. The van der Waals surface area contributed by atoms with Crippen molar-refractivity contribution >= 4 is 11.1 Å². The second-order valence-electron chi connectivity index (χ2n) is 15.5. The molecule has 0 radical (unpaired) electrons. The maximum atomic E-state index is 3.76. The summed E-state index contributed by atoms with van der Waals surface area (Å²) >= 11 is 0. The number of hydrogen-bond donors (Lipinski definition) is 0. The summed E-state index contributed by atoms with van der Waals surface area (Å²) < 4.78 is 0. The molecule has 0 bridgehead atoms. The maximum absolute atomic E-state index is 3.76. The lowest BCUT2D eigenvalue weighted by Crippen LogP contribution is -2.17. The van der Waals surface area contributed by atoms with Gasteiger partial charge in [0.25, 0.3) is 0 Å². The van der Waals surface area contributed by atoms with Crippen molar-refractivity contribution in [1.29, 1.82) is 0 Å². The summed E-state index contributed by atoms with van der Waals surface area (Å²) in [6.45, 7) is 24.3. The van der Waals surface area contributed by atoms with E-state index in [2.05, 4.69) is 157 Å². The van der Waals surface area contributed by atoms with Crippen LogP contribution in [0, 0.1) is 6.92 Å². The third-order valence-electron chi connectivity index (χ3n) is 11.5. The van der Waals surface area contributed by atoms with Gasteiger partial charge in [-0.2, -0.15) is 0 Å². The van der Waals surface area contributed by atoms with Crippen LogP contribution in [0.5, 0.6) is 0 Å². The standard InChI is InChI=1S/C30H26.C16H18.2C2H6/c1-29(2)25-11-7-5-9-21(25)23-14-13-19(17-27(23)29)15-20-16-24-22-10-6-8-12-26(22)30(3,4)28(24)18-20;1-11-8-9-13-12-6-4-5-7-14(12)16(2,3)15(13)10-11;2*1-2/h5-14,17-18H,15H2,1-4H3;4,6,8-10H,5,7H2,1-3H3;2*1-2H3. The molecule has 4 aromatic carbocycles. The maximum Gasteiger partial charge on any atom is 0.0284 e. The van der Waals surface area contributed by atoms with Crippen molar-refractivity contribution in [2.75, 3.05) is 0 Å². The first-order valence-corrected chi connectivity index (χ1v) is 19.0. The van der Waals surface area contributed by atoms with Crippen molar-refractivity contribution < 1.29 is 0 Å². The van der Waals surface area contributed by atoms with Crippen LogP contribution in [0.2, 0.25) is 0 Å². The molecule has 5 aliphatic carbocycles. The number of allylic oxidation sites excluding steroid dienone is 7. The number of fused-ring (bicyclic) bond motifs is 8. The van der Waals surface area contributed by atoms with Crippen molar-refractivity contribution in [3.05, 3.63) is 170 Å². The molecule has 0 saturated carbocycles. The van der Waals surface area contributed by atoms with Crippen molar-refractivity contribution in [3.63, 3.8) is 0 Å². The number of hydrogen-bond acceptors (Lipinski definition) is 0. The van der Waals surface area contributed by atoms with E-state index in [-0.39, 0.29) is 16.2 Å². The Morgan fingerprint density at radius 2 is 1.20 bits per heavy atom. The predicted octanol–water partition coefficient (Wildman–Crippen LogP) is 13.8. The first kappa shape index (κ1) is 35.4. The fourth-order valence-corrected chi connectivity index (χ4v) is 8.92. The fraction of sp³-hybridized carbons (Fsp3) is 0.340. The van der Waals surface area contributed by atoms with Crippen LogP contribution >= 0.6 is 0 Å². The zero-order chi connectivity index (χ0) is 36.0. The minimum absolute atomic E-state index is 0.0559. The van der Waals surface area contributed by atoms with Gasteiger partial charge in [-0.3, -0.25) is 0 Å². The molecule has 0 spiro atoms. The minimum Gasteiger partial charge on any atom is -0.108 e. The van der Waals surface area contributed by atoms with Crippen LogP contribution in [0.25, 0.3) is 22.3 Å². The summed E-state index contributed by atoms with van der Waals surface area (Å²) in [5, 5.41) is 0. The Bertz CT molecular complexity index is 2120. The average Bonchev–Trinajstić information content (AvgIpc) is 3.79. The van der Waals surface area contributed by atoms with Gasteiger partial charge in [-0.1, -0.05) is 177 Å². The molecule has 0 saturated heterocycles. The highest BCUT2D eigenvalue weighted by Gasteiger charge is 2.40. The molecule has 0 aliphatic heterocycles. The van der Waals surface area contributed by atoms with Gasteiger partial charge in [-0.15, -0.1) is 5.73 Å². The molecule has 0 fully saturated rings. The monoisotopic (exact) mass is 656 g/mol. The number of rotatable bonds is 2. The Morgan fingerprint density at radius 1 is 0.600 bits per heavy atom. The van der Waals surface area contributed by atoms with E-state index in [1.807, 2.05) is 27.7 Å². The Morgan fingerprint density at radius 3 is 1.92 bits per heavy atom.